The van der Waals surface area contributed by atoms with E-state index in [4.69, 9.17) is 4.74 Å². The molecule has 1 heterocycles. The number of ether oxygens (including phenoxy) is 1. The maximum Gasteiger partial charge on any atom is 0.238 e. The highest BCUT2D eigenvalue weighted by Gasteiger charge is 2.32. The molecule has 1 unspecified atom stereocenters. The van der Waals surface area contributed by atoms with Gasteiger partial charge in [-0.25, -0.2) is 4.98 Å². The number of nitrogens with zero attached hydrogens (tertiary/aromatic N) is 2. The highest BCUT2D eigenvalue weighted by molar-refractivity contribution is 5.29. The van der Waals surface area contributed by atoms with Crippen molar-refractivity contribution in [3.63, 3.8) is 0 Å². The molecule has 2 rings (SSSR count). The number of rotatable bonds is 2. The Morgan fingerprint density at radius 3 is 2.87 bits per heavy atom. The molecule has 0 aliphatic heterocycles. The molecule has 4 nitrogen and oxygen atoms in total. The van der Waals surface area contributed by atoms with Gasteiger partial charge in [0.25, 0.3) is 0 Å². The molecule has 1 N–H and O–H groups in total. The van der Waals surface area contributed by atoms with E-state index in [9.17, 15) is 5.11 Å². The van der Waals surface area contributed by atoms with Crippen LogP contribution in [-0.4, -0.2) is 22.2 Å². The third-order valence-electron chi connectivity index (χ3n) is 2.59. The zero-order valence-electron chi connectivity index (χ0n) is 8.68. The summed E-state index contributed by atoms with van der Waals surface area (Å²) in [6.45, 7) is 0. The van der Waals surface area contributed by atoms with E-state index in [1.165, 1.54) is 7.11 Å². The molecule has 80 valence electrons. The lowest BCUT2D eigenvalue weighted by Gasteiger charge is -2.27. The van der Waals surface area contributed by atoms with Crippen LogP contribution in [0.15, 0.2) is 24.5 Å². The number of hydrogen-bond donors (Lipinski definition) is 1. The molecule has 1 aliphatic rings. The lowest BCUT2D eigenvalue weighted by Crippen LogP contribution is -2.27. The second-order valence-electron chi connectivity index (χ2n) is 3.63. The summed E-state index contributed by atoms with van der Waals surface area (Å²) in [5, 5.41) is 10.4. The highest BCUT2D eigenvalue weighted by atomic mass is 16.5. The molecule has 1 aromatic rings. The molecule has 0 radical (unpaired) electrons. The van der Waals surface area contributed by atoms with Gasteiger partial charge in [0.1, 0.15) is 11.3 Å². The van der Waals surface area contributed by atoms with Crippen molar-refractivity contribution in [2.24, 2.45) is 0 Å². The van der Waals surface area contributed by atoms with Crippen LogP contribution in [0.5, 0.6) is 5.88 Å². The summed E-state index contributed by atoms with van der Waals surface area (Å²) in [6, 6.07) is 0. The molecule has 0 bridgehead atoms. The average Bonchev–Trinajstić information content (AvgIpc) is 2.30. The van der Waals surface area contributed by atoms with Crippen molar-refractivity contribution in [3.8, 4) is 5.88 Å². The molecular formula is C11H14N2O2. The molecule has 0 saturated heterocycles. The molecule has 1 aliphatic carbocycles. The Hall–Kier alpha value is -1.42. The molecule has 0 amide bonds. The predicted octanol–water partition coefficient (Wildman–Crippen LogP) is 1.41. The Bertz CT molecular complexity index is 379. The smallest absolute Gasteiger partial charge is 0.238 e. The zero-order chi connectivity index (χ0) is 10.7. The molecule has 4 heteroatoms. The van der Waals surface area contributed by atoms with Gasteiger partial charge in [0.05, 0.1) is 7.11 Å². The predicted molar refractivity (Wildman–Crippen MR) is 55.5 cm³/mol. The van der Waals surface area contributed by atoms with Crippen LogP contribution in [0, 0.1) is 0 Å². The minimum Gasteiger partial charge on any atom is -0.480 e. The van der Waals surface area contributed by atoms with Crippen LogP contribution in [0.25, 0.3) is 0 Å². The van der Waals surface area contributed by atoms with Gasteiger partial charge in [0.2, 0.25) is 5.88 Å². The molecule has 1 atom stereocenters. The molecule has 1 aromatic heterocycles. The third kappa shape index (κ3) is 1.85. The van der Waals surface area contributed by atoms with Crippen LogP contribution in [0.3, 0.4) is 0 Å². The lowest BCUT2D eigenvalue weighted by atomic mass is 9.88. The maximum absolute atomic E-state index is 10.4. The standard InChI is InChI=1S/C11H14N2O2/c1-15-10-9(12-7-8-13-10)11(14)5-3-2-4-6-11/h3,5,7-8,14H,2,4,6H2,1H3. The SMILES string of the molecule is COc1nccnc1C1(O)C=CCCC1. The fraction of sp³-hybridized carbons (Fsp3) is 0.455. The van der Waals surface area contributed by atoms with E-state index in [2.05, 4.69) is 9.97 Å². The van der Waals surface area contributed by atoms with Gasteiger partial charge >= 0.3 is 0 Å². The fourth-order valence-corrected chi connectivity index (χ4v) is 1.82. The molecular weight excluding hydrogens is 192 g/mol. The van der Waals surface area contributed by atoms with Crippen molar-refractivity contribution in [1.29, 1.82) is 0 Å². The zero-order valence-corrected chi connectivity index (χ0v) is 8.68. The van der Waals surface area contributed by atoms with Gasteiger partial charge in [-0.3, -0.25) is 4.98 Å². The Morgan fingerprint density at radius 1 is 1.40 bits per heavy atom. The molecule has 0 aromatic carbocycles. The van der Waals surface area contributed by atoms with E-state index < -0.39 is 5.60 Å². The van der Waals surface area contributed by atoms with Crippen molar-refractivity contribution in [2.75, 3.05) is 7.11 Å². The van der Waals surface area contributed by atoms with E-state index >= 15 is 0 Å². The quantitative estimate of drug-likeness (QED) is 0.743. The largest absolute Gasteiger partial charge is 0.480 e. The van der Waals surface area contributed by atoms with Gasteiger partial charge in [-0.1, -0.05) is 12.2 Å². The lowest BCUT2D eigenvalue weighted by molar-refractivity contribution is 0.0643. The van der Waals surface area contributed by atoms with Crippen molar-refractivity contribution in [3.05, 3.63) is 30.2 Å². The summed E-state index contributed by atoms with van der Waals surface area (Å²) in [6.07, 6.45) is 9.49. The molecule has 15 heavy (non-hydrogen) atoms. The van der Waals surface area contributed by atoms with Gasteiger partial charge in [-0.15, -0.1) is 0 Å². The van der Waals surface area contributed by atoms with Crippen molar-refractivity contribution < 1.29 is 9.84 Å². The topological polar surface area (TPSA) is 55.2 Å². The van der Waals surface area contributed by atoms with E-state index in [-0.39, 0.29) is 0 Å². The number of aromatic nitrogens is 2. The molecule has 0 fully saturated rings. The van der Waals surface area contributed by atoms with Gasteiger partial charge in [0.15, 0.2) is 0 Å². The summed E-state index contributed by atoms with van der Waals surface area (Å²) in [4.78, 5) is 8.20. The van der Waals surface area contributed by atoms with E-state index in [1.54, 1.807) is 18.5 Å². The van der Waals surface area contributed by atoms with Crippen LogP contribution in [0.2, 0.25) is 0 Å². The van der Waals surface area contributed by atoms with Crippen LogP contribution in [-0.2, 0) is 5.60 Å². The van der Waals surface area contributed by atoms with Crippen molar-refractivity contribution >= 4 is 0 Å². The summed E-state index contributed by atoms with van der Waals surface area (Å²) < 4.78 is 5.10. The molecule has 0 spiro atoms. The van der Waals surface area contributed by atoms with E-state index in [0.29, 0.717) is 18.0 Å². The van der Waals surface area contributed by atoms with Gasteiger partial charge in [-0.2, -0.15) is 0 Å². The van der Waals surface area contributed by atoms with Crippen LogP contribution >= 0.6 is 0 Å². The van der Waals surface area contributed by atoms with Gasteiger partial charge in [0, 0.05) is 12.4 Å². The monoisotopic (exact) mass is 206 g/mol. The number of aliphatic hydroxyl groups is 1. The Labute approximate surface area is 88.6 Å². The minimum atomic E-state index is -1.02. The maximum atomic E-state index is 10.4. The van der Waals surface area contributed by atoms with Crippen LogP contribution in [0.4, 0.5) is 0 Å². The normalized spacial score (nSPS) is 25.2. The highest BCUT2D eigenvalue weighted by Crippen LogP contribution is 2.34. The third-order valence-corrected chi connectivity index (χ3v) is 2.59. The summed E-state index contributed by atoms with van der Waals surface area (Å²) in [5.74, 6) is 0.395. The first-order valence-electron chi connectivity index (χ1n) is 5.02. The second kappa shape index (κ2) is 3.98. The average molecular weight is 206 g/mol. The van der Waals surface area contributed by atoms with Gasteiger partial charge in [-0.05, 0) is 19.3 Å². The van der Waals surface area contributed by atoms with Crippen LogP contribution in [0.1, 0.15) is 25.0 Å². The first kappa shape index (κ1) is 10.1. The van der Waals surface area contributed by atoms with Crippen molar-refractivity contribution in [2.45, 2.75) is 24.9 Å². The van der Waals surface area contributed by atoms with E-state index in [1.807, 2.05) is 6.08 Å². The van der Waals surface area contributed by atoms with Crippen LogP contribution < -0.4 is 4.74 Å². The van der Waals surface area contributed by atoms with Gasteiger partial charge < -0.3 is 9.84 Å². The Balaban J connectivity index is 2.43. The first-order valence-corrected chi connectivity index (χ1v) is 5.02. The second-order valence-corrected chi connectivity index (χ2v) is 3.63. The number of allylic oxidation sites excluding steroid dienone is 1. The molecule has 0 saturated carbocycles. The summed E-state index contributed by atoms with van der Waals surface area (Å²) in [7, 11) is 1.53. The number of methoxy groups -OCH3 is 1. The first-order chi connectivity index (χ1) is 7.26. The summed E-state index contributed by atoms with van der Waals surface area (Å²) >= 11 is 0. The summed E-state index contributed by atoms with van der Waals surface area (Å²) in [5.41, 5.74) is -0.513. The minimum absolute atomic E-state index is 0.395. The van der Waals surface area contributed by atoms with Crippen molar-refractivity contribution in [1.82, 2.24) is 9.97 Å². The van der Waals surface area contributed by atoms with E-state index in [0.717, 1.165) is 12.8 Å². The number of hydrogen-bond acceptors (Lipinski definition) is 4. The Morgan fingerprint density at radius 2 is 2.20 bits per heavy atom. The Kier molecular flexibility index (Phi) is 2.68. The fourth-order valence-electron chi connectivity index (χ4n) is 1.82.